The number of non-ortho nitro benzene ring substituents is 1. The van der Waals surface area contributed by atoms with Crippen LogP contribution in [0.1, 0.15) is 6.92 Å². The molecule has 0 aliphatic carbocycles. The summed E-state index contributed by atoms with van der Waals surface area (Å²) in [6.07, 6.45) is 0. The zero-order valence-corrected chi connectivity index (χ0v) is 15.5. The number of halogens is 2. The average molecular weight is 406 g/mol. The zero-order valence-electron chi connectivity index (χ0n) is 13.2. The molecule has 0 unspecified atom stereocenters. The van der Waals surface area contributed by atoms with Gasteiger partial charge in [0, 0.05) is 18.2 Å². The van der Waals surface area contributed by atoms with E-state index in [4.69, 9.17) is 32.7 Å². The highest BCUT2D eigenvalue weighted by atomic mass is 35.5. The highest BCUT2D eigenvalue weighted by molar-refractivity contribution is 7.91. The topological polar surface area (TPSA) is 95.7 Å². The van der Waals surface area contributed by atoms with Gasteiger partial charge in [0.2, 0.25) is 0 Å². The van der Waals surface area contributed by atoms with Crippen LogP contribution in [0.3, 0.4) is 0 Å². The first-order valence-corrected chi connectivity index (χ1v) is 9.32. The Labute approximate surface area is 154 Å². The molecule has 0 heterocycles. The van der Waals surface area contributed by atoms with Crippen LogP contribution < -0.4 is 9.47 Å². The van der Waals surface area contributed by atoms with Gasteiger partial charge in [0.25, 0.3) is 5.69 Å². The quantitative estimate of drug-likeness (QED) is 0.518. The Balaban J connectivity index is 2.49. The molecule has 0 aliphatic rings. The smallest absolute Gasteiger partial charge is 0.272 e. The summed E-state index contributed by atoms with van der Waals surface area (Å²) in [7, 11) is -2.20. The standard InChI is InChI=1S/C15H13Cl2NO6S/c1-3-25(21,22)14-8-10(4-5-13(14)23-2)24-15-11(16)6-9(18(19)20)7-12(15)17/h4-8H,3H2,1-2H3. The predicted octanol–water partition coefficient (Wildman–Crippen LogP) is 4.50. The van der Waals surface area contributed by atoms with Gasteiger partial charge in [0.05, 0.1) is 27.8 Å². The van der Waals surface area contributed by atoms with Crippen LogP contribution in [-0.2, 0) is 9.84 Å². The average Bonchev–Trinajstić information content (AvgIpc) is 2.57. The van der Waals surface area contributed by atoms with E-state index in [0.29, 0.717) is 0 Å². The van der Waals surface area contributed by atoms with Crippen LogP contribution in [0.15, 0.2) is 35.2 Å². The molecule has 25 heavy (non-hydrogen) atoms. The lowest BCUT2D eigenvalue weighted by Gasteiger charge is -2.13. The number of rotatable bonds is 6. The van der Waals surface area contributed by atoms with Crippen molar-refractivity contribution in [3.63, 3.8) is 0 Å². The number of nitro groups is 1. The van der Waals surface area contributed by atoms with Crippen LogP contribution in [0, 0.1) is 10.1 Å². The second kappa shape index (κ2) is 7.47. The summed E-state index contributed by atoms with van der Waals surface area (Å²) in [6.45, 7) is 1.51. The summed E-state index contributed by atoms with van der Waals surface area (Å²) in [5.41, 5.74) is -0.286. The molecule has 0 saturated heterocycles. The van der Waals surface area contributed by atoms with E-state index < -0.39 is 14.8 Å². The van der Waals surface area contributed by atoms with E-state index in [9.17, 15) is 18.5 Å². The minimum Gasteiger partial charge on any atom is -0.495 e. The Bertz CT molecular complexity index is 907. The molecule has 2 rings (SSSR count). The van der Waals surface area contributed by atoms with Crippen LogP contribution in [0.4, 0.5) is 5.69 Å². The summed E-state index contributed by atoms with van der Waals surface area (Å²) in [6, 6.07) is 6.38. The van der Waals surface area contributed by atoms with Crippen LogP contribution in [0.25, 0.3) is 0 Å². The third-order valence-corrected chi connectivity index (χ3v) is 5.57. The summed E-state index contributed by atoms with van der Waals surface area (Å²) in [4.78, 5) is 10.1. The van der Waals surface area contributed by atoms with E-state index in [0.717, 1.165) is 12.1 Å². The molecule has 0 atom stereocenters. The fourth-order valence-corrected chi connectivity index (χ4v) is 3.60. The maximum Gasteiger partial charge on any atom is 0.272 e. The monoisotopic (exact) mass is 405 g/mol. The molecule has 0 bridgehead atoms. The largest absolute Gasteiger partial charge is 0.495 e. The molecule has 7 nitrogen and oxygen atoms in total. The molecule has 0 aromatic heterocycles. The minimum atomic E-state index is -3.55. The van der Waals surface area contributed by atoms with E-state index in [-0.39, 0.29) is 43.6 Å². The molecule has 2 aromatic carbocycles. The summed E-state index contributed by atoms with van der Waals surface area (Å²) in [5, 5.41) is 10.7. The van der Waals surface area contributed by atoms with Gasteiger partial charge in [-0.15, -0.1) is 0 Å². The van der Waals surface area contributed by atoms with E-state index in [1.54, 1.807) is 0 Å². The Kier molecular flexibility index (Phi) is 5.76. The fourth-order valence-electron chi connectivity index (χ4n) is 1.99. The number of nitrogens with zero attached hydrogens (tertiary/aromatic N) is 1. The molecule has 0 spiro atoms. The van der Waals surface area contributed by atoms with Crippen molar-refractivity contribution in [2.45, 2.75) is 11.8 Å². The van der Waals surface area contributed by atoms with Crippen molar-refractivity contribution in [3.05, 3.63) is 50.5 Å². The Morgan fingerprint density at radius 2 is 1.76 bits per heavy atom. The fraction of sp³-hybridized carbons (Fsp3) is 0.200. The van der Waals surface area contributed by atoms with Gasteiger partial charge in [-0.2, -0.15) is 0 Å². The Morgan fingerprint density at radius 3 is 2.24 bits per heavy atom. The molecule has 0 amide bonds. The third-order valence-electron chi connectivity index (χ3n) is 3.26. The molecule has 0 radical (unpaired) electrons. The van der Waals surface area contributed by atoms with Gasteiger partial charge in [-0.25, -0.2) is 8.42 Å². The van der Waals surface area contributed by atoms with Crippen molar-refractivity contribution < 1.29 is 22.8 Å². The number of sulfone groups is 1. The van der Waals surface area contributed by atoms with Gasteiger partial charge >= 0.3 is 0 Å². The van der Waals surface area contributed by atoms with Gasteiger partial charge in [0.1, 0.15) is 16.4 Å². The van der Waals surface area contributed by atoms with Crippen molar-refractivity contribution in [3.8, 4) is 17.2 Å². The zero-order chi connectivity index (χ0) is 18.8. The number of hydrogen-bond acceptors (Lipinski definition) is 6. The molecule has 0 saturated carbocycles. The van der Waals surface area contributed by atoms with E-state index in [1.165, 1.54) is 32.2 Å². The lowest BCUT2D eigenvalue weighted by Crippen LogP contribution is -2.06. The van der Waals surface area contributed by atoms with Crippen molar-refractivity contribution >= 4 is 38.7 Å². The van der Waals surface area contributed by atoms with Crippen molar-refractivity contribution in [2.24, 2.45) is 0 Å². The lowest BCUT2D eigenvalue weighted by atomic mass is 10.3. The first kappa shape index (κ1) is 19.3. The van der Waals surface area contributed by atoms with E-state index in [1.807, 2.05) is 0 Å². The molecule has 0 fully saturated rings. The molecule has 0 N–H and O–H groups in total. The first-order valence-electron chi connectivity index (χ1n) is 6.91. The van der Waals surface area contributed by atoms with Gasteiger partial charge in [-0.05, 0) is 12.1 Å². The third kappa shape index (κ3) is 4.15. The highest BCUT2D eigenvalue weighted by Crippen LogP contribution is 2.40. The van der Waals surface area contributed by atoms with Crippen molar-refractivity contribution in [1.82, 2.24) is 0 Å². The van der Waals surface area contributed by atoms with Gasteiger partial charge < -0.3 is 9.47 Å². The van der Waals surface area contributed by atoms with Crippen LogP contribution in [0.2, 0.25) is 10.0 Å². The minimum absolute atomic E-state index is 0.0149. The molecular weight excluding hydrogens is 393 g/mol. The summed E-state index contributed by atoms with van der Waals surface area (Å²) < 4.78 is 35.0. The van der Waals surface area contributed by atoms with Crippen LogP contribution in [-0.4, -0.2) is 26.2 Å². The molecule has 10 heteroatoms. The van der Waals surface area contributed by atoms with E-state index in [2.05, 4.69) is 0 Å². The van der Waals surface area contributed by atoms with Gasteiger partial charge in [-0.3, -0.25) is 10.1 Å². The van der Waals surface area contributed by atoms with E-state index >= 15 is 0 Å². The van der Waals surface area contributed by atoms with Gasteiger partial charge in [0.15, 0.2) is 15.6 Å². The summed E-state index contributed by atoms with van der Waals surface area (Å²) in [5.74, 6) is 0.186. The first-order chi connectivity index (χ1) is 11.7. The molecule has 134 valence electrons. The number of ether oxygens (including phenoxy) is 2. The highest BCUT2D eigenvalue weighted by Gasteiger charge is 2.21. The Hall–Kier alpha value is -2.03. The number of nitro benzene ring substituents is 1. The second-order valence-corrected chi connectivity index (χ2v) is 7.87. The molecule has 0 aliphatic heterocycles. The van der Waals surface area contributed by atoms with Crippen LogP contribution >= 0.6 is 23.2 Å². The SMILES string of the molecule is CCS(=O)(=O)c1cc(Oc2c(Cl)cc([N+](=O)[O-])cc2Cl)ccc1OC. The Morgan fingerprint density at radius 1 is 1.16 bits per heavy atom. The van der Waals surface area contributed by atoms with Gasteiger partial charge in [-0.1, -0.05) is 30.1 Å². The van der Waals surface area contributed by atoms with Crippen molar-refractivity contribution in [1.29, 1.82) is 0 Å². The summed E-state index contributed by atoms with van der Waals surface area (Å²) >= 11 is 12.0. The number of methoxy groups -OCH3 is 1. The predicted molar refractivity (Wildman–Crippen MR) is 93.9 cm³/mol. The molecular formula is C15H13Cl2NO6S. The maximum absolute atomic E-state index is 12.2. The normalized spacial score (nSPS) is 11.2. The number of benzene rings is 2. The molecule has 2 aromatic rings. The second-order valence-electron chi connectivity index (χ2n) is 4.81. The lowest BCUT2D eigenvalue weighted by molar-refractivity contribution is -0.384. The maximum atomic E-state index is 12.2. The van der Waals surface area contributed by atoms with Crippen LogP contribution in [0.5, 0.6) is 17.2 Å². The van der Waals surface area contributed by atoms with Crippen molar-refractivity contribution in [2.75, 3.05) is 12.9 Å². The number of hydrogen-bond donors (Lipinski definition) is 0.